The third kappa shape index (κ3) is 4.37. The van der Waals surface area contributed by atoms with Gasteiger partial charge in [0.05, 0.1) is 18.2 Å². The first kappa shape index (κ1) is 15.1. The molecule has 1 rings (SSSR count). The highest BCUT2D eigenvalue weighted by Gasteiger charge is 2.12. The summed E-state index contributed by atoms with van der Waals surface area (Å²) < 4.78 is 10.7. The number of hydrogen-bond donors (Lipinski definition) is 2. The minimum Gasteiger partial charge on any atom is -0.493 e. The van der Waals surface area contributed by atoms with Gasteiger partial charge in [0.15, 0.2) is 11.5 Å². The van der Waals surface area contributed by atoms with Crippen molar-refractivity contribution in [1.82, 2.24) is 5.32 Å². The summed E-state index contributed by atoms with van der Waals surface area (Å²) in [5.74, 6) is 1.05. The summed E-state index contributed by atoms with van der Waals surface area (Å²) in [5.41, 5.74) is 1.03. The molecule has 0 bridgehead atoms. The van der Waals surface area contributed by atoms with Crippen LogP contribution in [0.2, 0.25) is 5.02 Å². The second-order valence-corrected chi connectivity index (χ2v) is 4.46. The summed E-state index contributed by atoms with van der Waals surface area (Å²) in [6, 6.07) is 3.72. The molecule has 4 nitrogen and oxygen atoms in total. The Hall–Kier alpha value is -0.970. The molecule has 0 spiro atoms. The molecule has 2 N–H and O–H groups in total. The second kappa shape index (κ2) is 7.46. The van der Waals surface area contributed by atoms with Gasteiger partial charge in [-0.05, 0) is 31.2 Å². The number of benzene rings is 1. The Morgan fingerprint density at radius 1 is 1.44 bits per heavy atom. The minimum atomic E-state index is -0.549. The number of aliphatic hydroxyl groups excluding tert-OH is 1. The van der Waals surface area contributed by atoms with Gasteiger partial charge in [-0.3, -0.25) is 0 Å². The van der Waals surface area contributed by atoms with Crippen LogP contribution < -0.4 is 14.8 Å². The van der Waals surface area contributed by atoms with Crippen molar-refractivity contribution in [3.63, 3.8) is 0 Å². The van der Waals surface area contributed by atoms with E-state index in [1.165, 1.54) is 0 Å². The van der Waals surface area contributed by atoms with E-state index in [-0.39, 0.29) is 6.61 Å². The van der Waals surface area contributed by atoms with Crippen LogP contribution in [0.15, 0.2) is 12.1 Å². The number of methoxy groups -OCH3 is 1. The highest BCUT2D eigenvalue weighted by atomic mass is 35.5. The lowest BCUT2D eigenvalue weighted by Gasteiger charge is -2.15. The maximum atomic E-state index is 9.22. The molecule has 1 aromatic carbocycles. The fraction of sp³-hybridized carbons (Fsp3) is 0.538. The zero-order chi connectivity index (χ0) is 13.5. The van der Waals surface area contributed by atoms with Crippen LogP contribution in [-0.4, -0.2) is 31.5 Å². The van der Waals surface area contributed by atoms with Crippen LogP contribution in [0.4, 0.5) is 0 Å². The molecule has 0 heterocycles. The van der Waals surface area contributed by atoms with Crippen LogP contribution in [0.1, 0.15) is 19.4 Å². The van der Waals surface area contributed by atoms with Crippen molar-refractivity contribution in [2.24, 2.45) is 0 Å². The third-order valence-corrected chi connectivity index (χ3v) is 2.62. The molecule has 0 saturated heterocycles. The van der Waals surface area contributed by atoms with Crippen LogP contribution in [0.3, 0.4) is 0 Å². The van der Waals surface area contributed by atoms with Gasteiger partial charge in [0.25, 0.3) is 0 Å². The van der Waals surface area contributed by atoms with Gasteiger partial charge in [-0.15, -0.1) is 0 Å². The highest BCUT2D eigenvalue weighted by Crippen LogP contribution is 2.36. The van der Waals surface area contributed by atoms with E-state index in [1.54, 1.807) is 14.0 Å². The van der Waals surface area contributed by atoms with Gasteiger partial charge in [-0.2, -0.15) is 0 Å². The van der Waals surface area contributed by atoms with Crippen molar-refractivity contribution in [3.05, 3.63) is 22.7 Å². The Morgan fingerprint density at radius 3 is 2.72 bits per heavy atom. The quantitative estimate of drug-likeness (QED) is 0.800. The van der Waals surface area contributed by atoms with Gasteiger partial charge in [-0.25, -0.2) is 0 Å². The van der Waals surface area contributed by atoms with Crippen molar-refractivity contribution >= 4 is 11.6 Å². The first-order chi connectivity index (χ1) is 8.58. The number of nitrogens with one attached hydrogen (secondary N) is 1. The monoisotopic (exact) mass is 273 g/mol. The Bertz CT molecular complexity index is 383. The van der Waals surface area contributed by atoms with Crippen LogP contribution in [0.25, 0.3) is 0 Å². The number of hydrogen-bond acceptors (Lipinski definition) is 4. The average Bonchev–Trinajstić information content (AvgIpc) is 2.34. The molecule has 0 aromatic heterocycles. The zero-order valence-electron chi connectivity index (χ0n) is 11.0. The summed E-state index contributed by atoms with van der Waals surface area (Å²) in [7, 11) is 1.57. The number of rotatable bonds is 7. The summed E-state index contributed by atoms with van der Waals surface area (Å²) >= 11 is 6.16. The lowest BCUT2D eigenvalue weighted by molar-refractivity contribution is 0.120. The van der Waals surface area contributed by atoms with E-state index >= 15 is 0 Å². The van der Waals surface area contributed by atoms with Crippen molar-refractivity contribution in [3.8, 4) is 11.5 Å². The minimum absolute atomic E-state index is 0.183. The highest BCUT2D eigenvalue weighted by molar-refractivity contribution is 6.32. The van der Waals surface area contributed by atoms with Gasteiger partial charge in [-0.1, -0.05) is 18.5 Å². The predicted molar refractivity (Wildman–Crippen MR) is 72.6 cm³/mol. The van der Waals surface area contributed by atoms with E-state index in [4.69, 9.17) is 21.1 Å². The van der Waals surface area contributed by atoms with Gasteiger partial charge in [0, 0.05) is 6.54 Å². The number of aliphatic hydroxyl groups is 1. The molecule has 1 unspecified atom stereocenters. The van der Waals surface area contributed by atoms with Crippen molar-refractivity contribution in [1.29, 1.82) is 0 Å². The molecule has 0 radical (unpaired) electrons. The predicted octanol–water partition coefficient (Wildman–Crippen LogP) is 2.22. The lowest BCUT2D eigenvalue weighted by Crippen LogP contribution is -2.14. The third-order valence-electron chi connectivity index (χ3n) is 2.34. The SMILES string of the molecule is CCNCc1cc(Cl)c(OCC(C)O)c(OC)c1. The largest absolute Gasteiger partial charge is 0.493 e. The first-order valence-corrected chi connectivity index (χ1v) is 6.34. The second-order valence-electron chi connectivity index (χ2n) is 4.05. The van der Waals surface area contributed by atoms with Crippen molar-refractivity contribution < 1.29 is 14.6 Å². The Kier molecular flexibility index (Phi) is 6.25. The van der Waals surface area contributed by atoms with Gasteiger partial charge >= 0.3 is 0 Å². The van der Waals surface area contributed by atoms with Gasteiger partial charge < -0.3 is 19.9 Å². The zero-order valence-corrected chi connectivity index (χ0v) is 11.8. The molecule has 1 atom stereocenters. The van der Waals surface area contributed by atoms with Gasteiger partial charge in [0.1, 0.15) is 6.61 Å². The molecule has 5 heteroatoms. The van der Waals surface area contributed by atoms with Crippen molar-refractivity contribution in [2.45, 2.75) is 26.5 Å². The molecular weight excluding hydrogens is 254 g/mol. The first-order valence-electron chi connectivity index (χ1n) is 5.96. The van der Waals surface area contributed by atoms with Crippen molar-refractivity contribution in [2.75, 3.05) is 20.3 Å². The van der Waals surface area contributed by atoms with E-state index < -0.39 is 6.10 Å². The normalized spacial score (nSPS) is 12.3. The van der Waals surface area contributed by atoms with E-state index in [0.717, 1.165) is 18.7 Å². The molecule has 0 saturated carbocycles. The van der Waals surface area contributed by atoms with Gasteiger partial charge in [0.2, 0.25) is 0 Å². The summed E-state index contributed by atoms with van der Waals surface area (Å²) in [4.78, 5) is 0. The number of ether oxygens (including phenoxy) is 2. The fourth-order valence-electron chi connectivity index (χ4n) is 1.49. The molecule has 0 aliphatic carbocycles. The molecular formula is C13H20ClNO3. The molecule has 0 aliphatic heterocycles. The van der Waals surface area contributed by atoms with E-state index in [2.05, 4.69) is 5.32 Å². The maximum absolute atomic E-state index is 9.22. The summed E-state index contributed by atoms with van der Waals surface area (Å²) in [6.07, 6.45) is -0.549. The lowest BCUT2D eigenvalue weighted by atomic mass is 10.2. The Balaban J connectivity index is 2.89. The summed E-state index contributed by atoms with van der Waals surface area (Å²) in [5, 5.41) is 12.9. The Morgan fingerprint density at radius 2 is 2.17 bits per heavy atom. The molecule has 0 fully saturated rings. The van der Waals surface area contributed by atoms with Crippen LogP contribution in [0.5, 0.6) is 11.5 Å². The van der Waals surface area contributed by atoms with E-state index in [1.807, 2.05) is 19.1 Å². The fourth-order valence-corrected chi connectivity index (χ4v) is 1.78. The molecule has 1 aromatic rings. The average molecular weight is 274 g/mol. The Labute approximate surface area is 113 Å². The molecule has 0 amide bonds. The number of halogens is 1. The van der Waals surface area contributed by atoms with E-state index in [0.29, 0.717) is 16.5 Å². The standard InChI is InChI=1S/C13H20ClNO3/c1-4-15-7-10-5-11(14)13(12(6-10)17-3)18-8-9(2)16/h5-6,9,15-16H,4,7-8H2,1-3H3. The molecule has 18 heavy (non-hydrogen) atoms. The van der Waals surface area contributed by atoms with Crippen LogP contribution in [0, 0.1) is 0 Å². The van der Waals surface area contributed by atoms with Crippen LogP contribution in [-0.2, 0) is 6.54 Å². The topological polar surface area (TPSA) is 50.7 Å². The van der Waals surface area contributed by atoms with E-state index in [9.17, 15) is 5.11 Å². The molecule has 0 aliphatic rings. The summed E-state index contributed by atoms with van der Waals surface area (Å²) in [6.45, 7) is 5.49. The maximum Gasteiger partial charge on any atom is 0.179 e. The molecule has 102 valence electrons. The smallest absolute Gasteiger partial charge is 0.179 e. The van der Waals surface area contributed by atoms with Crippen LogP contribution >= 0.6 is 11.6 Å².